The van der Waals surface area contributed by atoms with Crippen molar-refractivity contribution >= 4 is 17.2 Å². The normalized spacial score (nSPS) is 11.7. The van der Waals surface area contributed by atoms with Crippen LogP contribution in [-0.4, -0.2) is 20.0 Å². The van der Waals surface area contributed by atoms with E-state index in [0.717, 1.165) is 16.8 Å². The van der Waals surface area contributed by atoms with E-state index in [4.69, 9.17) is 5.73 Å². The molecular weight excluding hydrogens is 394 g/mol. The molecule has 0 radical (unpaired) electrons. The molecule has 0 saturated carbocycles. The second-order valence-corrected chi connectivity index (χ2v) is 6.69. The lowest BCUT2D eigenvalue weighted by Gasteiger charge is -2.09. The molecule has 28 heavy (non-hydrogen) atoms. The van der Waals surface area contributed by atoms with Gasteiger partial charge in [0.25, 0.3) is 0 Å². The summed E-state index contributed by atoms with van der Waals surface area (Å²) in [7, 11) is 0. The number of anilines is 1. The number of nitrogens with two attached hydrogens (primary N) is 1. The summed E-state index contributed by atoms with van der Waals surface area (Å²) in [5.74, 6) is -0.285. The predicted molar refractivity (Wildman–Crippen MR) is 97.3 cm³/mol. The van der Waals surface area contributed by atoms with E-state index in [1.165, 1.54) is 35.6 Å². The van der Waals surface area contributed by atoms with Crippen LogP contribution in [0, 0.1) is 5.82 Å². The zero-order valence-corrected chi connectivity index (χ0v) is 14.8. The van der Waals surface area contributed by atoms with Crippen LogP contribution in [0.15, 0.2) is 53.9 Å². The lowest BCUT2D eigenvalue weighted by Crippen LogP contribution is -2.08. The van der Waals surface area contributed by atoms with Gasteiger partial charge in [-0.3, -0.25) is 0 Å². The second-order valence-electron chi connectivity index (χ2n) is 5.83. The number of nitrogen functional groups attached to an aromatic ring is 1. The Hall–Kier alpha value is -3.27. The molecule has 4 aromatic rings. The zero-order chi connectivity index (χ0) is 19.9. The van der Waals surface area contributed by atoms with Gasteiger partial charge in [0.2, 0.25) is 0 Å². The fourth-order valence-electron chi connectivity index (χ4n) is 2.58. The van der Waals surface area contributed by atoms with Gasteiger partial charge in [0.15, 0.2) is 11.5 Å². The van der Waals surface area contributed by atoms with Gasteiger partial charge in [-0.15, -0.1) is 16.4 Å². The van der Waals surface area contributed by atoms with E-state index in [-0.39, 0.29) is 23.0 Å². The highest BCUT2D eigenvalue weighted by Gasteiger charge is 2.31. The number of thiazole rings is 1. The van der Waals surface area contributed by atoms with Crippen molar-refractivity contribution in [2.75, 3.05) is 5.73 Å². The summed E-state index contributed by atoms with van der Waals surface area (Å²) in [6.07, 6.45) is -4.48. The number of hydrogen-bond donors (Lipinski definition) is 1. The summed E-state index contributed by atoms with van der Waals surface area (Å²) >= 11 is 1.25. The SMILES string of the molecule is Nc1c(-c2nc(-c3ccc(F)cc3)cs2)nnn1-c1cccc(C(F)(F)F)c1. The van der Waals surface area contributed by atoms with Crippen molar-refractivity contribution in [1.82, 2.24) is 20.0 Å². The molecule has 4 rings (SSSR count). The monoisotopic (exact) mass is 405 g/mol. The molecule has 2 N–H and O–H groups in total. The van der Waals surface area contributed by atoms with Gasteiger partial charge < -0.3 is 5.73 Å². The summed E-state index contributed by atoms with van der Waals surface area (Å²) in [5, 5.41) is 10.0. The van der Waals surface area contributed by atoms with Crippen molar-refractivity contribution < 1.29 is 17.6 Å². The third-order valence-corrected chi connectivity index (χ3v) is 4.82. The van der Waals surface area contributed by atoms with E-state index in [0.29, 0.717) is 16.3 Å². The first-order chi connectivity index (χ1) is 13.3. The Bertz CT molecular complexity index is 1130. The molecule has 0 atom stereocenters. The number of aromatic nitrogens is 4. The van der Waals surface area contributed by atoms with Gasteiger partial charge in [-0.25, -0.2) is 9.37 Å². The first-order valence-corrected chi connectivity index (χ1v) is 8.81. The molecule has 0 aliphatic carbocycles. The summed E-state index contributed by atoms with van der Waals surface area (Å²) in [4.78, 5) is 4.43. The third-order valence-electron chi connectivity index (χ3n) is 3.97. The van der Waals surface area contributed by atoms with Crippen molar-refractivity contribution in [3.8, 4) is 27.6 Å². The minimum atomic E-state index is -4.48. The first-order valence-electron chi connectivity index (χ1n) is 7.93. The number of rotatable bonds is 3. The fourth-order valence-corrected chi connectivity index (χ4v) is 3.40. The van der Waals surface area contributed by atoms with Crippen LogP contribution in [0.2, 0.25) is 0 Å². The van der Waals surface area contributed by atoms with Crippen molar-refractivity contribution in [3.63, 3.8) is 0 Å². The van der Waals surface area contributed by atoms with Gasteiger partial charge >= 0.3 is 6.18 Å². The molecule has 0 bridgehead atoms. The van der Waals surface area contributed by atoms with E-state index in [2.05, 4.69) is 15.3 Å². The number of benzene rings is 2. The van der Waals surface area contributed by atoms with E-state index >= 15 is 0 Å². The average molecular weight is 405 g/mol. The summed E-state index contributed by atoms with van der Waals surface area (Å²) in [5.41, 5.74) is 6.98. The number of alkyl halides is 3. The van der Waals surface area contributed by atoms with E-state index in [1.54, 1.807) is 17.5 Å². The molecule has 5 nitrogen and oxygen atoms in total. The molecule has 0 amide bonds. The Labute approximate surface area is 160 Å². The summed E-state index contributed by atoms with van der Waals surface area (Å²) in [6, 6.07) is 10.5. The van der Waals surface area contributed by atoms with Crippen LogP contribution in [0.1, 0.15) is 5.56 Å². The molecule has 10 heteroatoms. The van der Waals surface area contributed by atoms with Gasteiger partial charge in [-0.05, 0) is 42.5 Å². The lowest BCUT2D eigenvalue weighted by molar-refractivity contribution is -0.137. The highest BCUT2D eigenvalue weighted by molar-refractivity contribution is 7.13. The van der Waals surface area contributed by atoms with Crippen LogP contribution in [0.4, 0.5) is 23.4 Å². The quantitative estimate of drug-likeness (QED) is 0.497. The Morgan fingerprint density at radius 3 is 2.50 bits per heavy atom. The van der Waals surface area contributed by atoms with E-state index in [1.807, 2.05) is 0 Å². The second kappa shape index (κ2) is 6.71. The number of hydrogen-bond acceptors (Lipinski definition) is 5. The molecule has 0 aliphatic heterocycles. The van der Waals surface area contributed by atoms with E-state index < -0.39 is 11.7 Å². The van der Waals surface area contributed by atoms with Crippen LogP contribution in [0.25, 0.3) is 27.6 Å². The molecule has 2 heterocycles. The Morgan fingerprint density at radius 2 is 1.79 bits per heavy atom. The molecule has 0 aliphatic rings. The van der Waals surface area contributed by atoms with Gasteiger partial charge in [0.1, 0.15) is 10.8 Å². The van der Waals surface area contributed by atoms with Gasteiger partial charge in [-0.1, -0.05) is 11.3 Å². The lowest BCUT2D eigenvalue weighted by atomic mass is 10.2. The largest absolute Gasteiger partial charge is 0.416 e. The van der Waals surface area contributed by atoms with Crippen LogP contribution < -0.4 is 5.73 Å². The highest BCUT2D eigenvalue weighted by Crippen LogP contribution is 2.33. The predicted octanol–water partition coefficient (Wildman–Crippen LogP) is 4.80. The van der Waals surface area contributed by atoms with Crippen molar-refractivity contribution in [2.45, 2.75) is 6.18 Å². The van der Waals surface area contributed by atoms with Crippen LogP contribution in [0.5, 0.6) is 0 Å². The maximum atomic E-state index is 13.1. The van der Waals surface area contributed by atoms with Crippen molar-refractivity contribution in [2.24, 2.45) is 0 Å². The minimum absolute atomic E-state index is 0.0688. The van der Waals surface area contributed by atoms with Crippen molar-refractivity contribution in [3.05, 3.63) is 65.3 Å². The molecule has 0 spiro atoms. The molecule has 142 valence electrons. The third kappa shape index (κ3) is 3.33. The van der Waals surface area contributed by atoms with Gasteiger partial charge in [0.05, 0.1) is 16.9 Å². The number of nitrogens with zero attached hydrogens (tertiary/aromatic N) is 4. The van der Waals surface area contributed by atoms with Crippen LogP contribution in [-0.2, 0) is 6.18 Å². The summed E-state index contributed by atoms with van der Waals surface area (Å²) in [6.45, 7) is 0. The average Bonchev–Trinajstić information content (AvgIpc) is 3.28. The Kier molecular flexibility index (Phi) is 4.34. The van der Waals surface area contributed by atoms with Crippen molar-refractivity contribution in [1.29, 1.82) is 0 Å². The van der Waals surface area contributed by atoms with Crippen LogP contribution >= 0.6 is 11.3 Å². The summed E-state index contributed by atoms with van der Waals surface area (Å²) < 4.78 is 53.0. The zero-order valence-electron chi connectivity index (χ0n) is 14.0. The maximum Gasteiger partial charge on any atom is 0.416 e. The Morgan fingerprint density at radius 1 is 1.04 bits per heavy atom. The van der Waals surface area contributed by atoms with Gasteiger partial charge in [0, 0.05) is 10.9 Å². The Balaban J connectivity index is 1.69. The molecular formula is C18H11F4N5S. The molecule has 0 fully saturated rings. The topological polar surface area (TPSA) is 69.6 Å². The molecule has 0 saturated heterocycles. The van der Waals surface area contributed by atoms with Crippen LogP contribution in [0.3, 0.4) is 0 Å². The van der Waals surface area contributed by atoms with Gasteiger partial charge in [-0.2, -0.15) is 17.9 Å². The van der Waals surface area contributed by atoms with E-state index in [9.17, 15) is 17.6 Å². The molecule has 0 unspecified atom stereocenters. The maximum absolute atomic E-state index is 13.1. The standard InChI is InChI=1S/C18H11F4N5S/c19-12-6-4-10(5-7-12)14-9-28-17(24-14)15-16(23)27(26-25-15)13-3-1-2-11(8-13)18(20,21)22/h1-9H,23H2. The highest BCUT2D eigenvalue weighted by atomic mass is 32.1. The number of halogens is 4. The molecule has 2 aromatic carbocycles. The minimum Gasteiger partial charge on any atom is -0.382 e. The smallest absolute Gasteiger partial charge is 0.382 e. The fraction of sp³-hybridized carbons (Fsp3) is 0.0556. The molecule has 2 aromatic heterocycles. The first kappa shape index (κ1) is 18.1.